The Balaban J connectivity index is 1.94. The van der Waals surface area contributed by atoms with Crippen molar-refractivity contribution in [3.8, 4) is 11.8 Å². The summed E-state index contributed by atoms with van der Waals surface area (Å²) >= 11 is 1.58. The quantitative estimate of drug-likeness (QED) is 0.202. The molecular formula is C23H21NO5S. The molecule has 0 aromatic heterocycles. The summed E-state index contributed by atoms with van der Waals surface area (Å²) in [5.74, 6) is 0.0938. The molecule has 0 spiro atoms. The number of benzene rings is 2. The second kappa shape index (κ2) is 9.63. The second-order valence-corrected chi connectivity index (χ2v) is 7.59. The molecule has 0 bridgehead atoms. The van der Waals surface area contributed by atoms with E-state index in [1.54, 1.807) is 18.7 Å². The van der Waals surface area contributed by atoms with Crippen molar-refractivity contribution >= 4 is 23.3 Å². The van der Waals surface area contributed by atoms with Gasteiger partial charge in [-0.2, -0.15) is 5.26 Å². The minimum absolute atomic E-state index is 0.0922. The van der Waals surface area contributed by atoms with Gasteiger partial charge in [0.1, 0.15) is 25.0 Å². The van der Waals surface area contributed by atoms with E-state index in [1.165, 1.54) is 7.11 Å². The van der Waals surface area contributed by atoms with E-state index in [1.807, 2.05) is 42.5 Å². The number of esters is 1. The van der Waals surface area contributed by atoms with Crippen molar-refractivity contribution < 1.29 is 24.1 Å². The zero-order valence-corrected chi connectivity index (χ0v) is 17.5. The summed E-state index contributed by atoms with van der Waals surface area (Å²) < 4.78 is 15.8. The topological polar surface area (TPSA) is 88.8 Å². The van der Waals surface area contributed by atoms with Gasteiger partial charge in [-0.05, 0) is 36.8 Å². The van der Waals surface area contributed by atoms with Crippen LogP contribution < -0.4 is 4.74 Å². The molecule has 1 atom stereocenters. The van der Waals surface area contributed by atoms with Gasteiger partial charge in [-0.3, -0.25) is 0 Å². The molecule has 0 saturated carbocycles. The summed E-state index contributed by atoms with van der Waals surface area (Å²) in [5.41, 5.74) is 2.67. The molecule has 0 saturated heterocycles. The van der Waals surface area contributed by atoms with Crippen LogP contribution in [0.5, 0.6) is 5.75 Å². The Hall–Kier alpha value is -3.05. The molecule has 2 aromatic rings. The van der Waals surface area contributed by atoms with Crippen molar-refractivity contribution in [2.24, 2.45) is 0 Å². The number of methoxy groups -OCH3 is 1. The number of carbonyl (C=O) groups is 1. The van der Waals surface area contributed by atoms with E-state index in [0.29, 0.717) is 16.9 Å². The zero-order chi connectivity index (χ0) is 21.7. The Morgan fingerprint density at radius 2 is 1.93 bits per heavy atom. The van der Waals surface area contributed by atoms with E-state index in [4.69, 9.17) is 14.2 Å². The number of hydrogen-bond donors (Lipinski definition) is 1. The van der Waals surface area contributed by atoms with Gasteiger partial charge in [0.15, 0.2) is 6.29 Å². The Bertz CT molecular complexity index is 1050. The summed E-state index contributed by atoms with van der Waals surface area (Å²) in [6.07, 6.45) is -1.35. The van der Waals surface area contributed by atoms with Gasteiger partial charge in [0, 0.05) is 33.6 Å². The van der Waals surface area contributed by atoms with Crippen molar-refractivity contribution in [1.82, 2.24) is 0 Å². The molecule has 1 heterocycles. The fraction of sp³-hybridized carbons (Fsp3) is 0.217. The van der Waals surface area contributed by atoms with E-state index >= 15 is 0 Å². The maximum absolute atomic E-state index is 11.5. The van der Waals surface area contributed by atoms with Gasteiger partial charge in [0.25, 0.3) is 0 Å². The number of ether oxygens (including phenoxy) is 3. The first-order chi connectivity index (χ1) is 14.5. The maximum atomic E-state index is 11.5. The molecule has 0 amide bonds. The lowest BCUT2D eigenvalue weighted by molar-refractivity contribution is -0.139. The number of carbonyl (C=O) groups excluding carboxylic acids is 1. The van der Waals surface area contributed by atoms with Crippen molar-refractivity contribution in [2.45, 2.75) is 23.0 Å². The third kappa shape index (κ3) is 4.57. The summed E-state index contributed by atoms with van der Waals surface area (Å²) in [6, 6.07) is 15.3. The molecule has 2 aromatic carbocycles. The van der Waals surface area contributed by atoms with E-state index in [0.717, 1.165) is 20.9 Å². The third-order valence-corrected chi connectivity index (χ3v) is 5.54. The number of hydrogen-bond acceptors (Lipinski definition) is 7. The van der Waals surface area contributed by atoms with Gasteiger partial charge >= 0.3 is 5.97 Å². The first-order valence-electron chi connectivity index (χ1n) is 9.18. The van der Waals surface area contributed by atoms with Gasteiger partial charge in [0.2, 0.25) is 0 Å². The first kappa shape index (κ1) is 21.7. The number of aliphatic hydroxyl groups excluding tert-OH is 1. The monoisotopic (exact) mass is 423 g/mol. The average Bonchev–Trinajstić information content (AvgIpc) is 2.76. The van der Waals surface area contributed by atoms with Crippen LogP contribution in [0.25, 0.3) is 5.57 Å². The van der Waals surface area contributed by atoms with Gasteiger partial charge in [0.05, 0.1) is 5.57 Å². The van der Waals surface area contributed by atoms with E-state index in [2.05, 4.69) is 12.6 Å². The third-order valence-electron chi connectivity index (χ3n) is 4.39. The second-order valence-electron chi connectivity index (χ2n) is 6.51. The van der Waals surface area contributed by atoms with Crippen LogP contribution in [0.2, 0.25) is 0 Å². The van der Waals surface area contributed by atoms with Gasteiger partial charge in [-0.25, -0.2) is 4.79 Å². The van der Waals surface area contributed by atoms with Crippen LogP contribution in [0.3, 0.4) is 0 Å². The molecule has 154 valence electrons. The standard InChI is InChI=1S/C23H21NO5S/c1-14(2)22(25)29-11-10-28-15-8-9-20-17(12-15)21(18(13-24)23(26)27-3)16-6-4-5-7-19(16)30-20/h4-9,12,23,26H,1,10-11H2,2-3H3/b21-18-. The van der Waals surface area contributed by atoms with Crippen LogP contribution in [0.1, 0.15) is 18.1 Å². The van der Waals surface area contributed by atoms with Crippen molar-refractivity contribution in [3.05, 3.63) is 71.3 Å². The molecule has 0 radical (unpaired) electrons. The van der Waals surface area contributed by atoms with Crippen molar-refractivity contribution in [1.29, 1.82) is 5.26 Å². The number of nitrogens with zero attached hydrogens (tertiary/aromatic N) is 1. The normalized spacial score (nSPS) is 14.6. The molecule has 1 N–H and O–H groups in total. The van der Waals surface area contributed by atoms with Crippen LogP contribution in [-0.2, 0) is 14.3 Å². The van der Waals surface area contributed by atoms with Gasteiger partial charge < -0.3 is 19.3 Å². The zero-order valence-electron chi connectivity index (χ0n) is 16.7. The summed E-state index contributed by atoms with van der Waals surface area (Å²) in [7, 11) is 1.35. The van der Waals surface area contributed by atoms with E-state index < -0.39 is 12.3 Å². The number of nitriles is 1. The maximum Gasteiger partial charge on any atom is 0.333 e. The lowest BCUT2D eigenvalue weighted by Gasteiger charge is -2.25. The predicted molar refractivity (Wildman–Crippen MR) is 113 cm³/mol. The number of aliphatic hydroxyl groups is 1. The van der Waals surface area contributed by atoms with Crippen LogP contribution in [0, 0.1) is 11.3 Å². The van der Waals surface area contributed by atoms with Gasteiger partial charge in [-0.1, -0.05) is 36.5 Å². The highest BCUT2D eigenvalue weighted by Crippen LogP contribution is 2.47. The molecule has 1 aliphatic heterocycles. The summed E-state index contributed by atoms with van der Waals surface area (Å²) in [5, 5.41) is 20.0. The lowest BCUT2D eigenvalue weighted by atomic mass is 9.92. The van der Waals surface area contributed by atoms with E-state index in [9.17, 15) is 15.2 Å². The predicted octanol–water partition coefficient (Wildman–Crippen LogP) is 3.94. The highest BCUT2D eigenvalue weighted by atomic mass is 32.2. The van der Waals surface area contributed by atoms with Crippen LogP contribution in [-0.4, -0.2) is 37.7 Å². The molecule has 30 heavy (non-hydrogen) atoms. The highest BCUT2D eigenvalue weighted by Gasteiger charge is 2.27. The summed E-state index contributed by atoms with van der Waals surface area (Å²) in [4.78, 5) is 13.4. The van der Waals surface area contributed by atoms with Crippen molar-refractivity contribution in [2.75, 3.05) is 20.3 Å². The fourth-order valence-electron chi connectivity index (χ4n) is 2.97. The Morgan fingerprint density at radius 3 is 2.63 bits per heavy atom. The fourth-order valence-corrected chi connectivity index (χ4v) is 4.04. The number of rotatable bonds is 7. The molecular weight excluding hydrogens is 402 g/mol. The molecule has 0 fully saturated rings. The minimum atomic E-state index is -1.35. The van der Waals surface area contributed by atoms with Gasteiger partial charge in [-0.15, -0.1) is 0 Å². The Labute approximate surface area is 179 Å². The molecule has 0 aliphatic carbocycles. The smallest absolute Gasteiger partial charge is 0.333 e. The molecule has 6 nitrogen and oxygen atoms in total. The lowest BCUT2D eigenvalue weighted by Crippen LogP contribution is -2.15. The van der Waals surface area contributed by atoms with Crippen LogP contribution >= 0.6 is 11.8 Å². The van der Waals surface area contributed by atoms with Crippen molar-refractivity contribution in [3.63, 3.8) is 0 Å². The molecule has 1 unspecified atom stereocenters. The van der Waals surface area contributed by atoms with Crippen LogP contribution in [0.4, 0.5) is 0 Å². The average molecular weight is 423 g/mol. The van der Waals surface area contributed by atoms with E-state index in [-0.39, 0.29) is 18.8 Å². The number of fused-ring (bicyclic) bond motifs is 2. The summed E-state index contributed by atoms with van der Waals surface area (Å²) in [6.45, 7) is 5.38. The molecule has 1 aliphatic rings. The highest BCUT2D eigenvalue weighted by molar-refractivity contribution is 7.99. The Morgan fingerprint density at radius 1 is 1.20 bits per heavy atom. The molecule has 3 rings (SSSR count). The molecule has 7 heteroatoms. The minimum Gasteiger partial charge on any atom is -0.490 e. The van der Waals surface area contributed by atoms with Crippen LogP contribution in [0.15, 0.2) is 70.0 Å². The first-order valence-corrected chi connectivity index (χ1v) is 10.00. The largest absolute Gasteiger partial charge is 0.490 e. The Kier molecular flexibility index (Phi) is 6.95. The SMILES string of the molecule is C=C(C)C(=O)OCCOc1ccc2c(c1)/C(=C(/C#N)C(O)OC)c1ccccc1S2.